The van der Waals surface area contributed by atoms with Gasteiger partial charge in [-0.1, -0.05) is 24.3 Å². The highest BCUT2D eigenvalue weighted by molar-refractivity contribution is 5.32. The van der Waals surface area contributed by atoms with Gasteiger partial charge in [-0.15, -0.1) is 0 Å². The molecule has 0 spiro atoms. The molecule has 0 saturated carbocycles. The number of phenols is 1. The molecule has 0 aliphatic heterocycles. The van der Waals surface area contributed by atoms with E-state index < -0.39 is 0 Å². The summed E-state index contributed by atoms with van der Waals surface area (Å²) >= 11 is 0. The highest BCUT2D eigenvalue weighted by Crippen LogP contribution is 2.18. The highest BCUT2D eigenvalue weighted by atomic mass is 16.3. The fraction of sp³-hybridized carbons (Fsp3) is 0.188. The van der Waals surface area contributed by atoms with Crippen molar-refractivity contribution in [1.29, 1.82) is 5.26 Å². The molecule has 1 atom stereocenters. The van der Waals surface area contributed by atoms with E-state index in [1.54, 1.807) is 12.1 Å². The number of hydrogen-bond donors (Lipinski definition) is 2. The zero-order chi connectivity index (χ0) is 13.7. The second-order valence-corrected chi connectivity index (χ2v) is 4.51. The Morgan fingerprint density at radius 2 is 1.95 bits per heavy atom. The van der Waals surface area contributed by atoms with Gasteiger partial charge in [0.2, 0.25) is 0 Å². The zero-order valence-corrected chi connectivity index (χ0v) is 10.8. The van der Waals surface area contributed by atoms with Crippen LogP contribution in [0.25, 0.3) is 0 Å². The molecule has 2 N–H and O–H groups in total. The summed E-state index contributed by atoms with van der Waals surface area (Å²) < 4.78 is 0. The molecule has 2 rings (SSSR count). The lowest BCUT2D eigenvalue weighted by atomic mass is 10.1. The summed E-state index contributed by atoms with van der Waals surface area (Å²) in [4.78, 5) is 0. The van der Waals surface area contributed by atoms with Crippen LogP contribution in [0.15, 0.2) is 48.5 Å². The van der Waals surface area contributed by atoms with Crippen molar-refractivity contribution in [3.05, 3.63) is 65.2 Å². The Labute approximate surface area is 113 Å². The van der Waals surface area contributed by atoms with Crippen molar-refractivity contribution in [2.75, 3.05) is 0 Å². The number of phenolic OH excluding ortho intramolecular Hbond substituents is 1. The first kappa shape index (κ1) is 13.1. The van der Waals surface area contributed by atoms with E-state index in [-0.39, 0.29) is 11.8 Å². The molecular formula is C16H16N2O. The largest absolute Gasteiger partial charge is 0.508 e. The van der Waals surface area contributed by atoms with Crippen molar-refractivity contribution >= 4 is 0 Å². The number of nitriles is 1. The summed E-state index contributed by atoms with van der Waals surface area (Å²) in [7, 11) is 0. The van der Waals surface area contributed by atoms with Crippen LogP contribution in [-0.4, -0.2) is 5.11 Å². The number of benzene rings is 2. The fourth-order valence-corrected chi connectivity index (χ4v) is 1.88. The molecule has 0 amide bonds. The molecule has 0 heterocycles. The summed E-state index contributed by atoms with van der Waals surface area (Å²) in [5, 5.41) is 21.6. The van der Waals surface area contributed by atoms with Crippen molar-refractivity contribution < 1.29 is 5.11 Å². The second-order valence-electron chi connectivity index (χ2n) is 4.51. The van der Waals surface area contributed by atoms with Crippen molar-refractivity contribution in [3.8, 4) is 11.8 Å². The maximum absolute atomic E-state index is 9.45. The van der Waals surface area contributed by atoms with Gasteiger partial charge in [0.15, 0.2) is 0 Å². The van der Waals surface area contributed by atoms with Crippen LogP contribution in [-0.2, 0) is 6.54 Å². The average molecular weight is 252 g/mol. The molecule has 0 aliphatic carbocycles. The third-order valence-electron chi connectivity index (χ3n) is 3.07. The fourth-order valence-electron chi connectivity index (χ4n) is 1.88. The maximum Gasteiger partial charge on any atom is 0.115 e. The van der Waals surface area contributed by atoms with Gasteiger partial charge in [0.05, 0.1) is 11.6 Å². The number of rotatable bonds is 4. The molecule has 19 heavy (non-hydrogen) atoms. The van der Waals surface area contributed by atoms with Gasteiger partial charge in [0.1, 0.15) is 5.75 Å². The number of aromatic hydroxyl groups is 1. The topological polar surface area (TPSA) is 56.0 Å². The van der Waals surface area contributed by atoms with Crippen LogP contribution in [0.4, 0.5) is 0 Å². The molecule has 1 unspecified atom stereocenters. The van der Waals surface area contributed by atoms with E-state index in [0.717, 1.165) is 17.7 Å². The van der Waals surface area contributed by atoms with Crippen molar-refractivity contribution in [2.45, 2.75) is 19.5 Å². The standard InChI is InChI=1S/C16H16N2O/c1-12(15-3-2-4-16(19)9-15)18-11-14-7-5-13(10-17)6-8-14/h2-9,12,18-19H,11H2,1H3. The van der Waals surface area contributed by atoms with Crippen molar-refractivity contribution in [2.24, 2.45) is 0 Å². The summed E-state index contributed by atoms with van der Waals surface area (Å²) in [6.45, 7) is 2.78. The Balaban J connectivity index is 1.96. The Bertz CT molecular complexity index is 584. The van der Waals surface area contributed by atoms with E-state index in [0.29, 0.717) is 5.56 Å². The second kappa shape index (κ2) is 6.03. The van der Waals surface area contributed by atoms with Crippen molar-refractivity contribution in [1.82, 2.24) is 5.32 Å². The van der Waals surface area contributed by atoms with Crippen LogP contribution in [0.1, 0.15) is 29.7 Å². The Hall–Kier alpha value is -2.31. The van der Waals surface area contributed by atoms with E-state index >= 15 is 0 Å². The predicted molar refractivity (Wildman–Crippen MR) is 74.5 cm³/mol. The predicted octanol–water partition coefficient (Wildman–Crippen LogP) is 3.11. The molecule has 3 nitrogen and oxygen atoms in total. The molecule has 0 bridgehead atoms. The Morgan fingerprint density at radius 3 is 2.58 bits per heavy atom. The van der Waals surface area contributed by atoms with Crippen LogP contribution in [0, 0.1) is 11.3 Å². The van der Waals surface area contributed by atoms with Gasteiger partial charge in [-0.3, -0.25) is 0 Å². The smallest absolute Gasteiger partial charge is 0.115 e. The van der Waals surface area contributed by atoms with E-state index in [1.807, 2.05) is 36.4 Å². The summed E-state index contributed by atoms with van der Waals surface area (Å²) in [5.74, 6) is 0.282. The van der Waals surface area contributed by atoms with Gasteiger partial charge >= 0.3 is 0 Å². The van der Waals surface area contributed by atoms with E-state index in [4.69, 9.17) is 5.26 Å². The Morgan fingerprint density at radius 1 is 1.21 bits per heavy atom. The first-order valence-corrected chi connectivity index (χ1v) is 6.20. The maximum atomic E-state index is 9.45. The highest BCUT2D eigenvalue weighted by Gasteiger charge is 2.05. The first-order valence-electron chi connectivity index (χ1n) is 6.20. The lowest BCUT2D eigenvalue weighted by Gasteiger charge is -2.14. The minimum Gasteiger partial charge on any atom is -0.508 e. The van der Waals surface area contributed by atoms with Crippen LogP contribution < -0.4 is 5.32 Å². The van der Waals surface area contributed by atoms with Gasteiger partial charge in [-0.2, -0.15) is 5.26 Å². The van der Waals surface area contributed by atoms with Crippen LogP contribution in [0.2, 0.25) is 0 Å². The van der Waals surface area contributed by atoms with Crippen molar-refractivity contribution in [3.63, 3.8) is 0 Å². The van der Waals surface area contributed by atoms with Crippen LogP contribution in [0.5, 0.6) is 5.75 Å². The number of nitrogens with zero attached hydrogens (tertiary/aromatic N) is 1. The molecule has 0 fully saturated rings. The third kappa shape index (κ3) is 3.57. The molecule has 3 heteroatoms. The minimum atomic E-state index is 0.155. The van der Waals surface area contributed by atoms with Crippen LogP contribution >= 0.6 is 0 Å². The van der Waals surface area contributed by atoms with E-state index in [9.17, 15) is 5.11 Å². The normalized spacial score (nSPS) is 11.8. The molecule has 2 aromatic carbocycles. The van der Waals surface area contributed by atoms with Gasteiger partial charge in [-0.05, 0) is 42.3 Å². The van der Waals surface area contributed by atoms with E-state index in [1.165, 1.54) is 0 Å². The average Bonchev–Trinajstić information content (AvgIpc) is 2.45. The summed E-state index contributed by atoms with van der Waals surface area (Å²) in [6.07, 6.45) is 0. The molecule has 0 aliphatic rings. The lowest BCUT2D eigenvalue weighted by Crippen LogP contribution is -2.17. The van der Waals surface area contributed by atoms with Gasteiger partial charge < -0.3 is 10.4 Å². The zero-order valence-electron chi connectivity index (χ0n) is 10.8. The van der Waals surface area contributed by atoms with Gasteiger partial charge in [0, 0.05) is 12.6 Å². The minimum absolute atomic E-state index is 0.155. The quantitative estimate of drug-likeness (QED) is 0.879. The Kier molecular flexibility index (Phi) is 4.17. The molecule has 2 aromatic rings. The molecule has 0 radical (unpaired) electrons. The SMILES string of the molecule is CC(NCc1ccc(C#N)cc1)c1cccc(O)c1. The van der Waals surface area contributed by atoms with Gasteiger partial charge in [-0.25, -0.2) is 0 Å². The molecule has 96 valence electrons. The first-order chi connectivity index (χ1) is 9.19. The summed E-state index contributed by atoms with van der Waals surface area (Å²) in [5.41, 5.74) is 2.85. The number of hydrogen-bond acceptors (Lipinski definition) is 3. The van der Waals surface area contributed by atoms with Gasteiger partial charge in [0.25, 0.3) is 0 Å². The van der Waals surface area contributed by atoms with Crippen LogP contribution in [0.3, 0.4) is 0 Å². The summed E-state index contributed by atoms with van der Waals surface area (Å²) in [6, 6.07) is 17.0. The third-order valence-corrected chi connectivity index (χ3v) is 3.07. The molecular weight excluding hydrogens is 236 g/mol. The molecule has 0 aromatic heterocycles. The van der Waals surface area contributed by atoms with E-state index in [2.05, 4.69) is 18.3 Å². The molecule has 0 saturated heterocycles. The monoisotopic (exact) mass is 252 g/mol. The lowest BCUT2D eigenvalue weighted by molar-refractivity contribution is 0.472. The number of nitrogens with one attached hydrogen (secondary N) is 1.